The molecule has 1 aliphatic carbocycles. The number of rotatable bonds is 4. The number of fused-ring (bicyclic) bond motifs is 1. The van der Waals surface area contributed by atoms with E-state index in [0.717, 1.165) is 42.0 Å². The van der Waals surface area contributed by atoms with E-state index < -0.39 is 0 Å². The van der Waals surface area contributed by atoms with Crippen molar-refractivity contribution in [2.75, 3.05) is 0 Å². The molecule has 0 saturated heterocycles. The highest BCUT2D eigenvalue weighted by atomic mass is 16.2. The van der Waals surface area contributed by atoms with Crippen molar-refractivity contribution >= 4 is 5.91 Å². The number of hydrogen-bond donors (Lipinski definition) is 1. The van der Waals surface area contributed by atoms with Gasteiger partial charge in [-0.3, -0.25) is 9.48 Å². The third kappa shape index (κ3) is 3.05. The van der Waals surface area contributed by atoms with E-state index in [9.17, 15) is 4.79 Å². The predicted molar refractivity (Wildman–Crippen MR) is 92.1 cm³/mol. The number of aryl methyl sites for hydroxylation is 1. The van der Waals surface area contributed by atoms with Gasteiger partial charge in [0.1, 0.15) is 6.54 Å². The third-order valence-electron chi connectivity index (χ3n) is 4.61. The van der Waals surface area contributed by atoms with Gasteiger partial charge in [0, 0.05) is 23.7 Å². The molecule has 1 amide bonds. The lowest BCUT2D eigenvalue weighted by Gasteiger charge is -2.24. The zero-order chi connectivity index (χ0) is 17.2. The summed E-state index contributed by atoms with van der Waals surface area (Å²) in [5.74, 6) is 0.776. The van der Waals surface area contributed by atoms with E-state index in [2.05, 4.69) is 20.5 Å². The van der Waals surface area contributed by atoms with Crippen LogP contribution in [0.2, 0.25) is 0 Å². The molecule has 3 aromatic rings. The topological polar surface area (TPSA) is 77.6 Å². The summed E-state index contributed by atoms with van der Waals surface area (Å²) in [5, 5.41) is 11.8. The summed E-state index contributed by atoms with van der Waals surface area (Å²) in [6, 6.07) is 7.66. The Labute approximate surface area is 145 Å². The summed E-state index contributed by atoms with van der Waals surface area (Å²) in [6.07, 6.45) is 8.20. The van der Waals surface area contributed by atoms with Gasteiger partial charge in [-0.2, -0.15) is 10.2 Å². The van der Waals surface area contributed by atoms with Gasteiger partial charge in [0.25, 0.3) is 0 Å². The van der Waals surface area contributed by atoms with Gasteiger partial charge in [0.2, 0.25) is 5.91 Å². The van der Waals surface area contributed by atoms with Gasteiger partial charge >= 0.3 is 0 Å². The minimum absolute atomic E-state index is 0.00965. The van der Waals surface area contributed by atoms with E-state index in [0.29, 0.717) is 0 Å². The van der Waals surface area contributed by atoms with Gasteiger partial charge in [-0.15, -0.1) is 0 Å². The first-order valence-corrected chi connectivity index (χ1v) is 8.48. The van der Waals surface area contributed by atoms with Gasteiger partial charge in [0.15, 0.2) is 5.82 Å². The SMILES string of the molecule is Cc1ccnn1CC(=O)NC1CCCc2c1cnn2-c1ccccn1. The van der Waals surface area contributed by atoms with Gasteiger partial charge in [-0.1, -0.05) is 6.07 Å². The predicted octanol–water partition coefficient (Wildman–Crippen LogP) is 1.97. The molecule has 7 nitrogen and oxygen atoms in total. The average Bonchev–Trinajstić information content (AvgIpc) is 3.23. The number of nitrogens with one attached hydrogen (secondary N) is 1. The maximum absolute atomic E-state index is 12.4. The van der Waals surface area contributed by atoms with Crippen LogP contribution in [0.5, 0.6) is 0 Å². The standard InChI is InChI=1S/C18H20N6O/c1-13-8-10-20-23(13)12-18(25)22-15-5-4-6-16-14(15)11-21-24(16)17-7-2-3-9-19-17/h2-3,7-11,15H,4-6,12H2,1H3,(H,22,25). The number of pyridine rings is 1. The fourth-order valence-electron chi connectivity index (χ4n) is 3.32. The van der Waals surface area contributed by atoms with E-state index in [-0.39, 0.29) is 18.5 Å². The highest BCUT2D eigenvalue weighted by Crippen LogP contribution is 2.30. The molecule has 0 fully saturated rings. The zero-order valence-electron chi connectivity index (χ0n) is 14.1. The molecule has 1 atom stereocenters. The summed E-state index contributed by atoms with van der Waals surface area (Å²) < 4.78 is 3.59. The van der Waals surface area contributed by atoms with Crippen molar-refractivity contribution in [2.45, 2.75) is 38.8 Å². The fourth-order valence-corrected chi connectivity index (χ4v) is 3.32. The Hall–Kier alpha value is -2.96. The van der Waals surface area contributed by atoms with Crippen molar-refractivity contribution in [3.8, 4) is 5.82 Å². The number of aromatic nitrogens is 5. The van der Waals surface area contributed by atoms with Crippen LogP contribution in [0.15, 0.2) is 42.9 Å². The van der Waals surface area contributed by atoms with E-state index in [1.807, 2.05) is 42.1 Å². The Bertz CT molecular complexity index is 882. The van der Waals surface area contributed by atoms with Crippen LogP contribution in [0, 0.1) is 6.92 Å². The molecule has 1 N–H and O–H groups in total. The van der Waals surface area contributed by atoms with E-state index in [4.69, 9.17) is 0 Å². The second-order valence-corrected chi connectivity index (χ2v) is 6.29. The molecule has 0 saturated carbocycles. The molecule has 0 aliphatic heterocycles. The van der Waals surface area contributed by atoms with E-state index in [1.165, 1.54) is 0 Å². The molecule has 1 aliphatic rings. The number of nitrogens with zero attached hydrogens (tertiary/aromatic N) is 5. The molecule has 4 rings (SSSR count). The van der Waals surface area contributed by atoms with Crippen LogP contribution in [0.4, 0.5) is 0 Å². The van der Waals surface area contributed by atoms with Gasteiger partial charge in [-0.05, 0) is 44.4 Å². The second-order valence-electron chi connectivity index (χ2n) is 6.29. The number of carbonyl (C=O) groups excluding carboxylic acids is 1. The average molecular weight is 336 g/mol. The Balaban J connectivity index is 1.53. The Morgan fingerprint density at radius 3 is 2.96 bits per heavy atom. The monoisotopic (exact) mass is 336 g/mol. The smallest absolute Gasteiger partial charge is 0.242 e. The third-order valence-corrected chi connectivity index (χ3v) is 4.61. The number of hydrogen-bond acceptors (Lipinski definition) is 4. The largest absolute Gasteiger partial charge is 0.348 e. The minimum Gasteiger partial charge on any atom is -0.348 e. The van der Waals surface area contributed by atoms with Crippen molar-refractivity contribution in [1.29, 1.82) is 0 Å². The van der Waals surface area contributed by atoms with Crippen LogP contribution in [0.3, 0.4) is 0 Å². The first kappa shape index (κ1) is 15.6. The summed E-state index contributed by atoms with van der Waals surface area (Å²) in [6.45, 7) is 2.18. The van der Waals surface area contributed by atoms with Crippen LogP contribution in [0.1, 0.15) is 35.8 Å². The minimum atomic E-state index is -0.0322. The lowest BCUT2D eigenvalue weighted by atomic mass is 9.93. The lowest BCUT2D eigenvalue weighted by Crippen LogP contribution is -2.33. The summed E-state index contributed by atoms with van der Waals surface area (Å²) in [7, 11) is 0. The molecule has 0 bridgehead atoms. The van der Waals surface area contributed by atoms with E-state index in [1.54, 1.807) is 17.1 Å². The van der Waals surface area contributed by atoms with Gasteiger partial charge in [-0.25, -0.2) is 9.67 Å². The van der Waals surface area contributed by atoms with Crippen molar-refractivity contribution in [1.82, 2.24) is 29.9 Å². The van der Waals surface area contributed by atoms with Gasteiger partial charge < -0.3 is 5.32 Å². The first-order valence-electron chi connectivity index (χ1n) is 8.48. The summed E-state index contributed by atoms with van der Waals surface area (Å²) in [4.78, 5) is 16.8. The lowest BCUT2D eigenvalue weighted by molar-refractivity contribution is -0.122. The van der Waals surface area contributed by atoms with Crippen LogP contribution in [-0.4, -0.2) is 30.5 Å². The maximum Gasteiger partial charge on any atom is 0.242 e. The maximum atomic E-state index is 12.4. The molecule has 25 heavy (non-hydrogen) atoms. The Kier molecular flexibility index (Phi) is 4.05. The molecular formula is C18H20N6O. The second kappa shape index (κ2) is 6.51. The zero-order valence-corrected chi connectivity index (χ0v) is 14.1. The van der Waals surface area contributed by atoms with Crippen molar-refractivity contribution in [3.63, 3.8) is 0 Å². The van der Waals surface area contributed by atoms with Crippen molar-refractivity contribution in [2.24, 2.45) is 0 Å². The van der Waals surface area contributed by atoms with Crippen molar-refractivity contribution < 1.29 is 4.79 Å². The highest BCUT2D eigenvalue weighted by molar-refractivity contribution is 5.76. The quantitative estimate of drug-likeness (QED) is 0.790. The van der Waals surface area contributed by atoms with Crippen LogP contribution in [0.25, 0.3) is 5.82 Å². The number of amides is 1. The Morgan fingerprint density at radius 1 is 1.28 bits per heavy atom. The fraction of sp³-hybridized carbons (Fsp3) is 0.333. The molecule has 0 radical (unpaired) electrons. The molecule has 0 spiro atoms. The molecule has 0 aromatic carbocycles. The molecular weight excluding hydrogens is 316 g/mol. The van der Waals surface area contributed by atoms with E-state index >= 15 is 0 Å². The summed E-state index contributed by atoms with van der Waals surface area (Å²) in [5.41, 5.74) is 3.19. The molecule has 3 aromatic heterocycles. The van der Waals surface area contributed by atoms with Crippen LogP contribution in [-0.2, 0) is 17.8 Å². The molecule has 128 valence electrons. The molecule has 1 unspecified atom stereocenters. The van der Waals surface area contributed by atoms with Crippen LogP contribution < -0.4 is 5.32 Å². The summed E-state index contributed by atoms with van der Waals surface area (Å²) >= 11 is 0. The Morgan fingerprint density at radius 2 is 2.20 bits per heavy atom. The highest BCUT2D eigenvalue weighted by Gasteiger charge is 2.26. The molecule has 7 heteroatoms. The number of carbonyl (C=O) groups is 1. The molecule has 3 heterocycles. The van der Waals surface area contributed by atoms with Crippen molar-refractivity contribution in [3.05, 3.63) is 59.8 Å². The first-order chi connectivity index (χ1) is 12.2. The normalized spacial score (nSPS) is 16.4. The van der Waals surface area contributed by atoms with Crippen LogP contribution >= 0.6 is 0 Å². The van der Waals surface area contributed by atoms with Gasteiger partial charge in [0.05, 0.1) is 17.9 Å².